The predicted octanol–water partition coefficient (Wildman–Crippen LogP) is 2.26. The Hall–Kier alpha value is -0.220. The Balaban J connectivity index is 1.71. The van der Waals surface area contributed by atoms with Gasteiger partial charge >= 0.3 is 0 Å². The minimum absolute atomic E-state index is 0.254. The Bertz CT molecular complexity index is 286. The molecule has 0 saturated heterocycles. The minimum atomic E-state index is 0.254. The number of rotatable bonds is 6. The summed E-state index contributed by atoms with van der Waals surface area (Å²) in [5.74, 6) is 0.254. The molecule has 0 unspecified atom stereocenters. The Morgan fingerprint density at radius 1 is 1.33 bits per heavy atom. The van der Waals surface area contributed by atoms with Crippen molar-refractivity contribution < 1.29 is 4.79 Å². The number of likely N-dealkylation sites (N-methyl/N-ethyl adjacent to an activating group) is 1. The largest absolute Gasteiger partial charge is 0.342 e. The molecule has 4 heteroatoms. The fourth-order valence-corrected chi connectivity index (χ4v) is 3.78. The van der Waals surface area contributed by atoms with Gasteiger partial charge in [0, 0.05) is 24.4 Å². The van der Waals surface area contributed by atoms with Gasteiger partial charge in [0.1, 0.15) is 0 Å². The Morgan fingerprint density at radius 3 is 2.56 bits per heavy atom. The second-order valence-electron chi connectivity index (χ2n) is 5.79. The highest BCUT2D eigenvalue weighted by Crippen LogP contribution is 2.37. The van der Waals surface area contributed by atoms with Gasteiger partial charge in [-0.2, -0.15) is 11.8 Å². The molecule has 2 saturated carbocycles. The van der Waals surface area contributed by atoms with Crippen molar-refractivity contribution in [2.75, 3.05) is 26.4 Å². The van der Waals surface area contributed by atoms with Gasteiger partial charge < -0.3 is 10.2 Å². The molecule has 3 nitrogen and oxygen atoms in total. The second kappa shape index (κ2) is 6.29. The van der Waals surface area contributed by atoms with Gasteiger partial charge in [-0.15, -0.1) is 0 Å². The van der Waals surface area contributed by atoms with E-state index in [9.17, 15) is 4.79 Å². The van der Waals surface area contributed by atoms with Crippen LogP contribution in [0.5, 0.6) is 0 Å². The van der Waals surface area contributed by atoms with Crippen molar-refractivity contribution in [3.63, 3.8) is 0 Å². The number of carbonyl (C=O) groups excluding carboxylic acids is 1. The van der Waals surface area contributed by atoms with E-state index in [1.54, 1.807) is 0 Å². The van der Waals surface area contributed by atoms with Crippen LogP contribution in [0.1, 0.15) is 44.9 Å². The number of hydrogen-bond donors (Lipinski definition) is 1. The lowest BCUT2D eigenvalue weighted by molar-refractivity contribution is -0.129. The van der Waals surface area contributed by atoms with E-state index in [0.29, 0.717) is 17.3 Å². The molecule has 2 aliphatic carbocycles. The zero-order chi connectivity index (χ0) is 13.0. The van der Waals surface area contributed by atoms with Crippen molar-refractivity contribution in [2.24, 2.45) is 0 Å². The molecule has 1 N–H and O–H groups in total. The average Bonchev–Trinajstić information content (AvgIpc) is 3.23. The fourth-order valence-electron chi connectivity index (χ4n) is 2.84. The maximum atomic E-state index is 11.9. The lowest BCUT2D eigenvalue weighted by atomic mass is 9.88. The van der Waals surface area contributed by atoms with Crippen LogP contribution in [-0.2, 0) is 4.79 Å². The summed E-state index contributed by atoms with van der Waals surface area (Å²) >= 11 is 1.98. The molecule has 0 radical (unpaired) electrons. The lowest BCUT2D eigenvalue weighted by Gasteiger charge is -2.36. The van der Waals surface area contributed by atoms with Crippen LogP contribution in [0, 0.1) is 0 Å². The van der Waals surface area contributed by atoms with Crippen molar-refractivity contribution in [1.29, 1.82) is 0 Å². The lowest BCUT2D eigenvalue weighted by Crippen LogP contribution is -2.44. The molecule has 104 valence electrons. The van der Waals surface area contributed by atoms with Gasteiger partial charge in [0.2, 0.25) is 5.91 Å². The van der Waals surface area contributed by atoms with Gasteiger partial charge in [-0.1, -0.05) is 19.3 Å². The minimum Gasteiger partial charge on any atom is -0.342 e. The smallest absolute Gasteiger partial charge is 0.236 e. The first kappa shape index (κ1) is 14.2. The van der Waals surface area contributed by atoms with E-state index in [0.717, 1.165) is 6.54 Å². The number of amides is 1. The summed E-state index contributed by atoms with van der Waals surface area (Å²) in [6, 6.07) is 0.531. The van der Waals surface area contributed by atoms with Crippen LogP contribution in [-0.4, -0.2) is 48.0 Å². The fraction of sp³-hybridized carbons (Fsp3) is 0.929. The zero-order valence-corrected chi connectivity index (χ0v) is 12.5. The van der Waals surface area contributed by atoms with E-state index in [-0.39, 0.29) is 5.91 Å². The highest BCUT2D eigenvalue weighted by atomic mass is 32.2. The first-order chi connectivity index (χ1) is 8.67. The molecular formula is C14H26N2OS. The molecular weight excluding hydrogens is 244 g/mol. The van der Waals surface area contributed by atoms with E-state index in [1.807, 2.05) is 23.7 Å². The van der Waals surface area contributed by atoms with Gasteiger partial charge in [-0.05, 0) is 31.9 Å². The van der Waals surface area contributed by atoms with Gasteiger partial charge in [0.25, 0.3) is 0 Å². The summed E-state index contributed by atoms with van der Waals surface area (Å²) < 4.78 is 0.386. The van der Waals surface area contributed by atoms with E-state index in [1.165, 1.54) is 44.9 Å². The Kier molecular flexibility index (Phi) is 4.96. The number of carbonyl (C=O) groups is 1. The van der Waals surface area contributed by atoms with Crippen LogP contribution >= 0.6 is 11.8 Å². The van der Waals surface area contributed by atoms with Gasteiger partial charge in [0.15, 0.2) is 0 Å². The van der Waals surface area contributed by atoms with E-state index in [2.05, 4.69) is 11.6 Å². The third-order valence-corrected chi connectivity index (χ3v) is 5.83. The molecule has 18 heavy (non-hydrogen) atoms. The topological polar surface area (TPSA) is 32.3 Å². The van der Waals surface area contributed by atoms with Gasteiger partial charge in [-0.3, -0.25) is 4.79 Å². The van der Waals surface area contributed by atoms with Crippen LogP contribution < -0.4 is 5.32 Å². The molecule has 0 aliphatic heterocycles. The first-order valence-corrected chi connectivity index (χ1v) is 8.41. The number of thioether (sulfide) groups is 1. The monoisotopic (exact) mass is 270 g/mol. The predicted molar refractivity (Wildman–Crippen MR) is 78.0 cm³/mol. The van der Waals surface area contributed by atoms with Crippen LogP contribution in [0.25, 0.3) is 0 Å². The number of nitrogens with zero attached hydrogens (tertiary/aromatic N) is 1. The maximum absolute atomic E-state index is 11.9. The van der Waals surface area contributed by atoms with Crippen molar-refractivity contribution >= 4 is 17.7 Å². The molecule has 0 atom stereocenters. The number of hydrogen-bond acceptors (Lipinski definition) is 3. The van der Waals surface area contributed by atoms with Crippen molar-refractivity contribution in [2.45, 2.75) is 55.7 Å². The summed E-state index contributed by atoms with van der Waals surface area (Å²) in [4.78, 5) is 13.8. The van der Waals surface area contributed by atoms with E-state index >= 15 is 0 Å². The van der Waals surface area contributed by atoms with E-state index < -0.39 is 0 Å². The normalized spacial score (nSPS) is 22.8. The highest BCUT2D eigenvalue weighted by Gasteiger charge is 2.32. The summed E-state index contributed by atoms with van der Waals surface area (Å²) in [6.07, 6.45) is 11.3. The molecule has 0 heterocycles. The number of nitrogens with one attached hydrogen (secondary N) is 1. The maximum Gasteiger partial charge on any atom is 0.236 e. The van der Waals surface area contributed by atoms with Crippen LogP contribution in [0.2, 0.25) is 0 Å². The molecule has 0 bridgehead atoms. The molecule has 2 aliphatic rings. The highest BCUT2D eigenvalue weighted by molar-refractivity contribution is 8.00. The molecule has 0 aromatic rings. The summed E-state index contributed by atoms with van der Waals surface area (Å²) in [5.41, 5.74) is 0. The van der Waals surface area contributed by atoms with Crippen LogP contribution in [0.4, 0.5) is 0 Å². The van der Waals surface area contributed by atoms with Crippen molar-refractivity contribution in [1.82, 2.24) is 10.2 Å². The third kappa shape index (κ3) is 3.64. The molecule has 2 fully saturated rings. The average molecular weight is 270 g/mol. The molecule has 0 spiro atoms. The standard InChI is InChI=1S/C14H26N2OS/c1-16(12-6-7-12)13(17)10-15-11-14(18-2)8-4-3-5-9-14/h12,15H,3-11H2,1-2H3. The molecule has 1 amide bonds. The first-order valence-electron chi connectivity index (χ1n) is 7.18. The molecule has 0 aromatic carbocycles. The SMILES string of the molecule is CSC1(CNCC(=O)N(C)C2CC2)CCCCC1. The third-order valence-electron chi connectivity index (χ3n) is 4.41. The summed E-state index contributed by atoms with van der Waals surface area (Å²) in [6.45, 7) is 1.49. The van der Waals surface area contributed by atoms with Crippen molar-refractivity contribution in [3.8, 4) is 0 Å². The molecule has 2 rings (SSSR count). The van der Waals surface area contributed by atoms with Gasteiger partial charge in [-0.25, -0.2) is 0 Å². The van der Waals surface area contributed by atoms with Crippen molar-refractivity contribution in [3.05, 3.63) is 0 Å². The van der Waals surface area contributed by atoms with Crippen LogP contribution in [0.3, 0.4) is 0 Å². The zero-order valence-electron chi connectivity index (χ0n) is 11.7. The quantitative estimate of drug-likeness (QED) is 0.803. The summed E-state index contributed by atoms with van der Waals surface area (Å²) in [5, 5.41) is 3.40. The van der Waals surface area contributed by atoms with Crippen LogP contribution in [0.15, 0.2) is 0 Å². The Labute approximate surface area is 115 Å². The Morgan fingerprint density at radius 2 is 2.00 bits per heavy atom. The summed E-state index contributed by atoms with van der Waals surface area (Å²) in [7, 11) is 1.94. The van der Waals surface area contributed by atoms with Gasteiger partial charge in [0.05, 0.1) is 6.54 Å². The second-order valence-corrected chi connectivity index (χ2v) is 7.06. The molecule has 0 aromatic heterocycles. The van der Waals surface area contributed by atoms with E-state index in [4.69, 9.17) is 0 Å².